The number of hydrogen-bond acceptors (Lipinski definition) is 6. The Morgan fingerprint density at radius 1 is 0.949 bits per heavy atom. The van der Waals surface area contributed by atoms with E-state index in [9.17, 15) is 13.5 Å². The lowest BCUT2D eigenvalue weighted by atomic mass is 10.1. The lowest BCUT2D eigenvalue weighted by Crippen LogP contribution is -2.23. The van der Waals surface area contributed by atoms with E-state index >= 15 is 0 Å². The number of aryl methyl sites for hydroxylation is 1. The number of pyridine rings is 1. The van der Waals surface area contributed by atoms with E-state index in [0.29, 0.717) is 18.8 Å². The van der Waals surface area contributed by atoms with Crippen LogP contribution in [0.25, 0.3) is 11.3 Å². The molecule has 0 fully saturated rings. The summed E-state index contributed by atoms with van der Waals surface area (Å²) in [5.41, 5.74) is 4.13. The van der Waals surface area contributed by atoms with Crippen molar-refractivity contribution in [3.8, 4) is 11.3 Å². The molecule has 2 aromatic carbocycles. The van der Waals surface area contributed by atoms with Crippen LogP contribution in [0.5, 0.6) is 0 Å². The second-order valence-electron chi connectivity index (χ2n) is 9.64. The third kappa shape index (κ3) is 8.48. The van der Waals surface area contributed by atoms with E-state index in [1.165, 1.54) is 19.3 Å². The van der Waals surface area contributed by atoms with Gasteiger partial charge in [-0.3, -0.25) is 9.71 Å². The van der Waals surface area contributed by atoms with Gasteiger partial charge in [0.15, 0.2) is 0 Å². The van der Waals surface area contributed by atoms with E-state index < -0.39 is 16.1 Å². The van der Waals surface area contributed by atoms with Gasteiger partial charge < -0.3 is 15.4 Å². The maximum atomic E-state index is 12.9. The minimum atomic E-state index is -3.72. The number of benzene rings is 2. The van der Waals surface area contributed by atoms with Crippen LogP contribution in [0.2, 0.25) is 0 Å². The van der Waals surface area contributed by atoms with Gasteiger partial charge in [-0.15, -0.1) is 0 Å². The molecule has 0 aliphatic rings. The average molecular weight is 548 g/mol. The smallest absolute Gasteiger partial charge is 0.261 e. The van der Waals surface area contributed by atoms with Crippen LogP contribution in [0, 0.1) is 0 Å². The number of aromatic amines is 1. The van der Waals surface area contributed by atoms with Gasteiger partial charge in [-0.05, 0) is 60.8 Å². The zero-order chi connectivity index (χ0) is 27.5. The van der Waals surface area contributed by atoms with Crippen LogP contribution in [0.15, 0.2) is 84.1 Å². The first-order valence-electron chi connectivity index (χ1n) is 13.5. The number of unbranched alkanes of at least 4 members (excludes halogenated alkanes) is 3. The molecule has 39 heavy (non-hydrogen) atoms. The molecule has 8 nitrogen and oxygen atoms in total. The zero-order valence-electron chi connectivity index (χ0n) is 22.3. The normalized spacial score (nSPS) is 12.4. The highest BCUT2D eigenvalue weighted by molar-refractivity contribution is 7.92. The lowest BCUT2D eigenvalue weighted by Gasteiger charge is -2.12. The Labute approximate surface area is 231 Å². The Morgan fingerprint density at radius 2 is 1.74 bits per heavy atom. The van der Waals surface area contributed by atoms with Crippen molar-refractivity contribution in [3.05, 3.63) is 96.2 Å². The number of sulfonamides is 1. The molecule has 4 aromatic rings. The second kappa shape index (κ2) is 14.0. The zero-order valence-corrected chi connectivity index (χ0v) is 23.1. The summed E-state index contributed by atoms with van der Waals surface area (Å²) in [7, 11) is -3.72. The summed E-state index contributed by atoms with van der Waals surface area (Å²) < 4.78 is 28.5. The summed E-state index contributed by atoms with van der Waals surface area (Å²) in [5, 5.41) is 13.4. The summed E-state index contributed by atoms with van der Waals surface area (Å²) in [6.07, 6.45) is 10.9. The Kier molecular flexibility index (Phi) is 10.2. The van der Waals surface area contributed by atoms with Crippen LogP contribution in [0.4, 0.5) is 5.69 Å². The summed E-state index contributed by atoms with van der Waals surface area (Å²) in [6, 6.07) is 17.8. The number of H-pyrrole nitrogens is 1. The third-order valence-corrected chi connectivity index (χ3v) is 7.97. The molecule has 0 radical (unpaired) electrons. The van der Waals surface area contributed by atoms with Gasteiger partial charge >= 0.3 is 0 Å². The summed E-state index contributed by atoms with van der Waals surface area (Å²) in [5.74, 6) is 0.959. The van der Waals surface area contributed by atoms with E-state index in [1.54, 1.807) is 61.1 Å². The van der Waals surface area contributed by atoms with Crippen molar-refractivity contribution >= 4 is 15.7 Å². The number of rotatable bonds is 15. The molecule has 1 unspecified atom stereocenters. The van der Waals surface area contributed by atoms with Crippen LogP contribution in [0.3, 0.4) is 0 Å². The Balaban J connectivity index is 1.26. The summed E-state index contributed by atoms with van der Waals surface area (Å²) >= 11 is 0. The van der Waals surface area contributed by atoms with Crippen LogP contribution in [-0.2, 0) is 22.9 Å². The largest absolute Gasteiger partial charge is 0.387 e. The van der Waals surface area contributed by atoms with Crippen LogP contribution < -0.4 is 10.0 Å². The standard InChI is InChI=1S/C30H37N5O3S/c1-2-3-4-5-8-30-33-21-28(34-30)24-11-15-27(16-12-24)39(37,38)35-26-13-9-23(10-14-26)17-19-32-22-29(36)25-7-6-18-31-20-25/h6-7,9-16,18,20-21,29,32,35-36H,2-5,8,17,19,22H2,1H3,(H,33,34). The van der Waals surface area contributed by atoms with Gasteiger partial charge in [0.05, 0.1) is 22.9 Å². The van der Waals surface area contributed by atoms with E-state index in [-0.39, 0.29) is 4.90 Å². The molecule has 0 saturated carbocycles. The van der Waals surface area contributed by atoms with Crippen LogP contribution >= 0.6 is 0 Å². The third-order valence-electron chi connectivity index (χ3n) is 6.57. The first kappa shape index (κ1) is 28.5. The maximum Gasteiger partial charge on any atom is 0.261 e. The molecular formula is C30H37N5O3S. The van der Waals surface area contributed by atoms with Crippen LogP contribution in [0.1, 0.15) is 55.7 Å². The molecule has 0 bridgehead atoms. The van der Waals surface area contributed by atoms with Gasteiger partial charge in [0.25, 0.3) is 10.0 Å². The maximum absolute atomic E-state index is 12.9. The summed E-state index contributed by atoms with van der Waals surface area (Å²) in [6.45, 7) is 3.32. The van der Waals surface area contributed by atoms with Crippen molar-refractivity contribution < 1.29 is 13.5 Å². The van der Waals surface area contributed by atoms with Crippen LogP contribution in [-0.4, -0.2) is 41.6 Å². The minimum Gasteiger partial charge on any atom is -0.387 e. The highest BCUT2D eigenvalue weighted by Gasteiger charge is 2.15. The highest BCUT2D eigenvalue weighted by atomic mass is 32.2. The van der Waals surface area contributed by atoms with Crippen molar-refractivity contribution in [1.29, 1.82) is 0 Å². The number of hydrogen-bond donors (Lipinski definition) is 4. The SMILES string of the molecule is CCCCCCc1ncc(-c2ccc(S(=O)(=O)Nc3ccc(CCNCC(O)c4cccnc4)cc3)cc2)[nH]1. The number of imidazole rings is 1. The van der Waals surface area contributed by atoms with E-state index in [1.807, 2.05) is 18.2 Å². The monoisotopic (exact) mass is 547 g/mol. The Hall–Kier alpha value is -3.53. The van der Waals surface area contributed by atoms with Crippen molar-refractivity contribution in [3.63, 3.8) is 0 Å². The topological polar surface area (TPSA) is 120 Å². The number of aliphatic hydroxyl groups excluding tert-OH is 1. The van der Waals surface area contributed by atoms with Gasteiger partial charge in [0, 0.05) is 36.6 Å². The highest BCUT2D eigenvalue weighted by Crippen LogP contribution is 2.22. The Morgan fingerprint density at radius 3 is 2.46 bits per heavy atom. The first-order valence-corrected chi connectivity index (χ1v) is 15.0. The fourth-order valence-corrected chi connectivity index (χ4v) is 5.34. The van der Waals surface area contributed by atoms with Gasteiger partial charge in [-0.25, -0.2) is 13.4 Å². The first-order chi connectivity index (χ1) is 18.9. The number of aliphatic hydroxyl groups is 1. The molecule has 0 aliphatic carbocycles. The fourth-order valence-electron chi connectivity index (χ4n) is 4.29. The molecule has 9 heteroatoms. The average Bonchev–Trinajstić information content (AvgIpc) is 3.44. The number of anilines is 1. The molecule has 206 valence electrons. The molecule has 1 atom stereocenters. The van der Waals surface area contributed by atoms with Crippen molar-refractivity contribution in [2.24, 2.45) is 0 Å². The molecule has 4 N–H and O–H groups in total. The molecule has 0 saturated heterocycles. The van der Waals surface area contributed by atoms with Gasteiger partial charge in [-0.1, -0.05) is 56.5 Å². The lowest BCUT2D eigenvalue weighted by molar-refractivity contribution is 0.174. The van der Waals surface area contributed by atoms with Crippen molar-refractivity contribution in [1.82, 2.24) is 20.3 Å². The molecule has 2 heterocycles. The number of aromatic nitrogens is 3. The molecule has 2 aromatic heterocycles. The minimum absolute atomic E-state index is 0.200. The second-order valence-corrected chi connectivity index (χ2v) is 11.3. The Bertz CT molecular complexity index is 1390. The van der Waals surface area contributed by atoms with Crippen molar-refractivity contribution in [2.75, 3.05) is 17.8 Å². The van der Waals surface area contributed by atoms with Gasteiger partial charge in [0.1, 0.15) is 5.82 Å². The summed E-state index contributed by atoms with van der Waals surface area (Å²) in [4.78, 5) is 12.0. The molecular weight excluding hydrogens is 510 g/mol. The van der Waals surface area contributed by atoms with Gasteiger partial charge in [-0.2, -0.15) is 0 Å². The molecule has 4 rings (SSSR count). The predicted molar refractivity (Wildman–Crippen MR) is 155 cm³/mol. The molecule has 0 amide bonds. The number of nitrogens with zero attached hydrogens (tertiary/aromatic N) is 2. The van der Waals surface area contributed by atoms with E-state index in [2.05, 4.69) is 31.9 Å². The quantitative estimate of drug-likeness (QED) is 0.151. The van der Waals surface area contributed by atoms with E-state index in [0.717, 1.165) is 47.5 Å². The predicted octanol–water partition coefficient (Wildman–Crippen LogP) is 5.26. The molecule has 0 spiro atoms. The van der Waals surface area contributed by atoms with Crippen molar-refractivity contribution in [2.45, 2.75) is 56.4 Å². The number of nitrogens with one attached hydrogen (secondary N) is 3. The fraction of sp³-hybridized carbons (Fsp3) is 0.333. The van der Waals surface area contributed by atoms with E-state index in [4.69, 9.17) is 0 Å². The molecule has 0 aliphatic heterocycles. The van der Waals surface area contributed by atoms with Gasteiger partial charge in [0.2, 0.25) is 0 Å².